The fourth-order valence-corrected chi connectivity index (χ4v) is 4.46. The van der Waals surface area contributed by atoms with Gasteiger partial charge in [0.05, 0.1) is 17.5 Å². The summed E-state index contributed by atoms with van der Waals surface area (Å²) in [6.45, 7) is 1.46. The van der Waals surface area contributed by atoms with Crippen molar-refractivity contribution in [1.29, 1.82) is 0 Å². The molecule has 1 aliphatic heterocycles. The molecule has 2 aromatic heterocycles. The number of rotatable bonds is 3. The summed E-state index contributed by atoms with van der Waals surface area (Å²) in [6, 6.07) is 18.7. The highest BCUT2D eigenvalue weighted by Gasteiger charge is 2.35. The van der Waals surface area contributed by atoms with E-state index in [-0.39, 0.29) is 17.5 Å². The molecule has 0 spiro atoms. The van der Waals surface area contributed by atoms with Crippen LogP contribution < -0.4 is 5.56 Å². The second kappa shape index (κ2) is 7.67. The molecule has 5 rings (SSSR count). The molecule has 0 fully saturated rings. The van der Waals surface area contributed by atoms with Gasteiger partial charge in [0.1, 0.15) is 11.8 Å². The number of pyridine rings is 1. The van der Waals surface area contributed by atoms with Crippen LogP contribution in [-0.4, -0.2) is 21.6 Å². The number of fused-ring (bicyclic) bond motifs is 1. The zero-order valence-corrected chi connectivity index (χ0v) is 18.2. The van der Waals surface area contributed by atoms with Gasteiger partial charge in [0.2, 0.25) is 5.91 Å². The molecule has 0 unspecified atom stereocenters. The highest BCUT2D eigenvalue weighted by Crippen LogP contribution is 2.37. The molecule has 1 atom stereocenters. The van der Waals surface area contributed by atoms with Crippen molar-refractivity contribution in [1.82, 2.24) is 9.99 Å². The fourth-order valence-electron chi connectivity index (χ4n) is 4.10. The van der Waals surface area contributed by atoms with Crippen molar-refractivity contribution in [2.24, 2.45) is 5.10 Å². The molecule has 0 aliphatic carbocycles. The molecule has 6 nitrogen and oxygen atoms in total. The van der Waals surface area contributed by atoms with Crippen LogP contribution in [0.25, 0.3) is 22.0 Å². The number of nitrogens with one attached hydrogen (secondary N) is 1. The molecule has 2 aromatic carbocycles. The van der Waals surface area contributed by atoms with E-state index in [2.05, 4.69) is 26.0 Å². The predicted molar refractivity (Wildman–Crippen MR) is 123 cm³/mol. The molecule has 7 heteroatoms. The standard InChI is InChI=1S/C24H18BrN3O3/c1-14(29)28-20(21-8-5-11-31-21)13-19(27-28)23-22(15-6-3-2-4-7-15)17-12-16(25)9-10-18(17)26-24(23)30/h2-12,20H,13H2,1H3,(H,26,30)/t20-/m0/s1. The highest BCUT2D eigenvalue weighted by molar-refractivity contribution is 9.10. The van der Waals surface area contributed by atoms with Crippen LogP contribution >= 0.6 is 15.9 Å². The molecule has 1 amide bonds. The average Bonchev–Trinajstić information content (AvgIpc) is 3.43. The van der Waals surface area contributed by atoms with E-state index in [0.717, 1.165) is 26.5 Å². The lowest BCUT2D eigenvalue weighted by molar-refractivity contribution is -0.130. The third-order valence-electron chi connectivity index (χ3n) is 5.43. The summed E-state index contributed by atoms with van der Waals surface area (Å²) < 4.78 is 6.46. The number of halogens is 1. The smallest absolute Gasteiger partial charge is 0.258 e. The molecule has 31 heavy (non-hydrogen) atoms. The fraction of sp³-hybridized carbons (Fsp3) is 0.125. The first kappa shape index (κ1) is 19.5. The first-order valence-corrected chi connectivity index (χ1v) is 10.6. The summed E-state index contributed by atoms with van der Waals surface area (Å²) in [5, 5.41) is 6.87. The minimum atomic E-state index is -0.385. The van der Waals surface area contributed by atoms with Gasteiger partial charge in [0.25, 0.3) is 5.56 Å². The number of hydrogen-bond acceptors (Lipinski definition) is 4. The van der Waals surface area contributed by atoms with Crippen molar-refractivity contribution in [3.63, 3.8) is 0 Å². The van der Waals surface area contributed by atoms with Crippen molar-refractivity contribution >= 4 is 38.5 Å². The number of aromatic amines is 1. The van der Waals surface area contributed by atoms with Gasteiger partial charge in [-0.1, -0.05) is 46.3 Å². The van der Waals surface area contributed by atoms with Gasteiger partial charge in [-0.05, 0) is 35.9 Å². The largest absolute Gasteiger partial charge is 0.467 e. The van der Waals surface area contributed by atoms with Crippen molar-refractivity contribution in [3.05, 3.63) is 93.1 Å². The van der Waals surface area contributed by atoms with Gasteiger partial charge in [-0.25, -0.2) is 5.01 Å². The Morgan fingerprint density at radius 1 is 1.13 bits per heavy atom. The van der Waals surface area contributed by atoms with Crippen molar-refractivity contribution in [2.75, 3.05) is 0 Å². The monoisotopic (exact) mass is 475 g/mol. The van der Waals surface area contributed by atoms with Gasteiger partial charge in [-0.2, -0.15) is 5.10 Å². The molecular weight excluding hydrogens is 458 g/mol. The number of nitrogens with zero attached hydrogens (tertiary/aromatic N) is 2. The number of carbonyl (C=O) groups excluding carboxylic acids is 1. The first-order chi connectivity index (χ1) is 15.0. The molecule has 0 bridgehead atoms. The number of H-pyrrole nitrogens is 1. The molecule has 3 heterocycles. The maximum Gasteiger partial charge on any atom is 0.258 e. The summed E-state index contributed by atoms with van der Waals surface area (Å²) in [7, 11) is 0. The van der Waals surface area contributed by atoms with E-state index in [1.165, 1.54) is 11.9 Å². The van der Waals surface area contributed by atoms with Crippen LogP contribution in [0.3, 0.4) is 0 Å². The third kappa shape index (κ3) is 3.41. The number of aromatic nitrogens is 1. The van der Waals surface area contributed by atoms with E-state index >= 15 is 0 Å². The van der Waals surface area contributed by atoms with Gasteiger partial charge >= 0.3 is 0 Å². The average molecular weight is 476 g/mol. The number of furan rings is 1. The second-order valence-electron chi connectivity index (χ2n) is 7.41. The quantitative estimate of drug-likeness (QED) is 0.439. The lowest BCUT2D eigenvalue weighted by Gasteiger charge is -2.17. The Morgan fingerprint density at radius 2 is 1.94 bits per heavy atom. The normalized spacial score (nSPS) is 16.0. The summed E-state index contributed by atoms with van der Waals surface area (Å²) >= 11 is 3.54. The summed E-state index contributed by atoms with van der Waals surface area (Å²) in [5.74, 6) is 0.424. The highest BCUT2D eigenvalue weighted by atomic mass is 79.9. The summed E-state index contributed by atoms with van der Waals surface area (Å²) in [6.07, 6.45) is 1.96. The Morgan fingerprint density at radius 3 is 2.65 bits per heavy atom. The Hall–Kier alpha value is -3.45. The van der Waals surface area contributed by atoms with E-state index in [1.54, 1.807) is 12.3 Å². The SMILES string of the molecule is CC(=O)N1N=C(c2c(-c3ccccc3)c3cc(Br)ccc3[nH]c2=O)C[C@H]1c1ccco1. The molecule has 4 aromatic rings. The van der Waals surface area contributed by atoms with Gasteiger partial charge in [0, 0.05) is 34.3 Å². The zero-order valence-electron chi connectivity index (χ0n) is 16.6. The maximum absolute atomic E-state index is 13.3. The predicted octanol–water partition coefficient (Wildman–Crippen LogP) is 5.25. The van der Waals surface area contributed by atoms with E-state index in [1.807, 2.05) is 54.6 Å². The Kier molecular flexibility index (Phi) is 4.82. The van der Waals surface area contributed by atoms with Crippen LogP contribution in [-0.2, 0) is 4.79 Å². The molecule has 1 N–H and O–H groups in total. The molecule has 0 radical (unpaired) electrons. The van der Waals surface area contributed by atoms with Gasteiger partial charge in [-0.15, -0.1) is 0 Å². The lowest BCUT2D eigenvalue weighted by Crippen LogP contribution is -2.23. The van der Waals surface area contributed by atoms with E-state index in [0.29, 0.717) is 23.5 Å². The Labute approximate surface area is 186 Å². The third-order valence-corrected chi connectivity index (χ3v) is 5.93. The molecule has 1 aliphatic rings. The van der Waals surface area contributed by atoms with Gasteiger partial charge < -0.3 is 9.40 Å². The van der Waals surface area contributed by atoms with Crippen molar-refractivity contribution in [3.8, 4) is 11.1 Å². The topological polar surface area (TPSA) is 78.7 Å². The van der Waals surface area contributed by atoms with Crippen molar-refractivity contribution < 1.29 is 9.21 Å². The molecule has 0 saturated carbocycles. The van der Waals surface area contributed by atoms with Crippen LogP contribution in [0.2, 0.25) is 0 Å². The Balaban J connectivity index is 1.77. The number of benzene rings is 2. The molecule has 154 valence electrons. The minimum absolute atomic E-state index is 0.211. The summed E-state index contributed by atoms with van der Waals surface area (Å²) in [4.78, 5) is 28.6. The van der Waals surface area contributed by atoms with E-state index in [9.17, 15) is 9.59 Å². The number of hydrogen-bond donors (Lipinski definition) is 1. The first-order valence-electron chi connectivity index (χ1n) is 9.85. The zero-order chi connectivity index (χ0) is 21.5. The van der Waals surface area contributed by atoms with E-state index < -0.39 is 0 Å². The molecular formula is C24H18BrN3O3. The summed E-state index contributed by atoms with van der Waals surface area (Å²) in [5.41, 5.74) is 3.22. The lowest BCUT2D eigenvalue weighted by atomic mass is 9.92. The number of amides is 1. The number of carbonyl (C=O) groups is 1. The second-order valence-corrected chi connectivity index (χ2v) is 8.32. The molecule has 0 saturated heterocycles. The van der Waals surface area contributed by atoms with Crippen LogP contribution in [0.1, 0.15) is 30.7 Å². The van der Waals surface area contributed by atoms with Crippen LogP contribution in [0.4, 0.5) is 0 Å². The Bertz CT molecular complexity index is 1370. The van der Waals surface area contributed by atoms with Crippen molar-refractivity contribution in [2.45, 2.75) is 19.4 Å². The van der Waals surface area contributed by atoms with Crippen LogP contribution in [0, 0.1) is 0 Å². The number of hydrazone groups is 1. The van der Waals surface area contributed by atoms with Crippen LogP contribution in [0.5, 0.6) is 0 Å². The maximum atomic E-state index is 13.3. The minimum Gasteiger partial charge on any atom is -0.467 e. The van der Waals surface area contributed by atoms with Crippen LogP contribution in [0.15, 0.2) is 85.7 Å². The van der Waals surface area contributed by atoms with Gasteiger partial charge in [-0.3, -0.25) is 9.59 Å². The van der Waals surface area contributed by atoms with E-state index in [4.69, 9.17) is 4.42 Å². The van der Waals surface area contributed by atoms with Gasteiger partial charge in [0.15, 0.2) is 0 Å².